The van der Waals surface area contributed by atoms with Crippen LogP contribution in [0.4, 0.5) is 0 Å². The van der Waals surface area contributed by atoms with Gasteiger partial charge in [0.15, 0.2) is 11.5 Å². The molecule has 0 bridgehead atoms. The Labute approximate surface area is 114 Å². The Balaban J connectivity index is 2.14. The lowest BCUT2D eigenvalue weighted by Gasteiger charge is -2.35. The van der Waals surface area contributed by atoms with Gasteiger partial charge in [0.2, 0.25) is 6.10 Å². The molecule has 1 amide bonds. The third-order valence-corrected chi connectivity index (χ3v) is 3.15. The Hall–Kier alpha value is -1.71. The van der Waals surface area contributed by atoms with Crippen LogP contribution < -0.4 is 9.47 Å². The van der Waals surface area contributed by atoms with Crippen molar-refractivity contribution in [1.29, 1.82) is 0 Å². The molecule has 1 aliphatic rings. The number of rotatable bonds is 3. The maximum absolute atomic E-state index is 12.5. The molecular formula is C15H21NO3. The number of amides is 1. The summed E-state index contributed by atoms with van der Waals surface area (Å²) in [6, 6.07) is 7.72. The lowest BCUT2D eigenvalue weighted by atomic mass is 10.2. The van der Waals surface area contributed by atoms with Crippen LogP contribution in [-0.4, -0.2) is 35.6 Å². The number of nitrogens with zero attached hydrogens (tertiary/aromatic N) is 1. The van der Waals surface area contributed by atoms with E-state index in [0.717, 1.165) is 0 Å². The smallest absolute Gasteiger partial charge is 0.267 e. The van der Waals surface area contributed by atoms with E-state index in [1.807, 2.05) is 56.9 Å². The summed E-state index contributed by atoms with van der Waals surface area (Å²) in [4.78, 5) is 14.3. The van der Waals surface area contributed by atoms with E-state index >= 15 is 0 Å². The van der Waals surface area contributed by atoms with E-state index in [0.29, 0.717) is 11.5 Å². The van der Waals surface area contributed by atoms with E-state index in [-0.39, 0.29) is 24.6 Å². The highest BCUT2D eigenvalue weighted by atomic mass is 16.6. The lowest BCUT2D eigenvalue weighted by Crippen LogP contribution is -2.51. The third-order valence-electron chi connectivity index (χ3n) is 3.15. The Morgan fingerprint density at radius 1 is 1.16 bits per heavy atom. The predicted molar refractivity (Wildman–Crippen MR) is 73.5 cm³/mol. The van der Waals surface area contributed by atoms with Gasteiger partial charge in [0.25, 0.3) is 5.91 Å². The van der Waals surface area contributed by atoms with Crippen molar-refractivity contribution in [2.75, 3.05) is 6.61 Å². The molecule has 1 aromatic carbocycles. The van der Waals surface area contributed by atoms with E-state index in [1.165, 1.54) is 0 Å². The molecule has 19 heavy (non-hydrogen) atoms. The molecule has 4 nitrogen and oxygen atoms in total. The molecule has 4 heteroatoms. The molecular weight excluding hydrogens is 242 g/mol. The third kappa shape index (κ3) is 2.83. The highest BCUT2D eigenvalue weighted by Crippen LogP contribution is 2.31. The fourth-order valence-corrected chi connectivity index (χ4v) is 2.41. The van der Waals surface area contributed by atoms with Crippen molar-refractivity contribution in [2.24, 2.45) is 0 Å². The SMILES string of the molecule is CC(C)N(C(=O)[C@@H]1COc2ccccc2O1)C(C)C. The Kier molecular flexibility index (Phi) is 3.98. The van der Waals surface area contributed by atoms with Gasteiger partial charge in [0, 0.05) is 12.1 Å². The van der Waals surface area contributed by atoms with Gasteiger partial charge in [-0.3, -0.25) is 4.79 Å². The predicted octanol–water partition coefficient (Wildman–Crippen LogP) is 2.47. The lowest BCUT2D eigenvalue weighted by molar-refractivity contribution is -0.144. The number of carbonyl (C=O) groups excluding carboxylic acids is 1. The Morgan fingerprint density at radius 3 is 2.32 bits per heavy atom. The van der Waals surface area contributed by atoms with Crippen molar-refractivity contribution in [3.05, 3.63) is 24.3 Å². The van der Waals surface area contributed by atoms with Gasteiger partial charge in [-0.15, -0.1) is 0 Å². The van der Waals surface area contributed by atoms with E-state index in [1.54, 1.807) is 0 Å². The number of hydrogen-bond acceptors (Lipinski definition) is 3. The maximum Gasteiger partial charge on any atom is 0.267 e. The minimum Gasteiger partial charge on any atom is -0.485 e. The molecule has 0 N–H and O–H groups in total. The second kappa shape index (κ2) is 5.51. The minimum absolute atomic E-state index is 0.0143. The van der Waals surface area contributed by atoms with Gasteiger partial charge in [0.05, 0.1) is 0 Å². The summed E-state index contributed by atoms with van der Waals surface area (Å²) in [7, 11) is 0. The first-order valence-corrected chi connectivity index (χ1v) is 6.71. The van der Waals surface area contributed by atoms with Crippen LogP contribution in [0.15, 0.2) is 24.3 Å². The molecule has 1 aliphatic heterocycles. The van der Waals surface area contributed by atoms with Crippen LogP contribution in [-0.2, 0) is 4.79 Å². The summed E-state index contributed by atoms with van der Waals surface area (Å²) in [5, 5.41) is 0. The number of fused-ring (bicyclic) bond motifs is 1. The van der Waals surface area contributed by atoms with Gasteiger partial charge in [-0.25, -0.2) is 0 Å². The van der Waals surface area contributed by atoms with Crippen molar-refractivity contribution in [3.63, 3.8) is 0 Å². The number of hydrogen-bond donors (Lipinski definition) is 0. The van der Waals surface area contributed by atoms with Gasteiger partial charge in [-0.05, 0) is 39.8 Å². The standard InChI is InChI=1S/C15H21NO3/c1-10(2)16(11(3)4)15(17)14-9-18-12-7-5-6-8-13(12)19-14/h5-8,10-11,14H,9H2,1-4H3/t14-/m0/s1. The van der Waals surface area contributed by atoms with E-state index in [9.17, 15) is 4.79 Å². The van der Waals surface area contributed by atoms with Crippen LogP contribution in [0.5, 0.6) is 11.5 Å². The van der Waals surface area contributed by atoms with E-state index < -0.39 is 6.10 Å². The topological polar surface area (TPSA) is 38.8 Å². The number of ether oxygens (including phenoxy) is 2. The average molecular weight is 263 g/mol. The first-order chi connectivity index (χ1) is 9.00. The van der Waals surface area contributed by atoms with Crippen LogP contribution in [0.1, 0.15) is 27.7 Å². The Bertz CT molecular complexity index is 448. The summed E-state index contributed by atoms with van der Waals surface area (Å²) in [5.41, 5.74) is 0. The zero-order valence-electron chi connectivity index (χ0n) is 11.9. The molecule has 1 atom stereocenters. The van der Waals surface area contributed by atoms with Gasteiger partial charge in [0.1, 0.15) is 6.61 Å². The molecule has 0 unspecified atom stereocenters. The van der Waals surface area contributed by atoms with Crippen molar-refractivity contribution in [1.82, 2.24) is 4.90 Å². The van der Waals surface area contributed by atoms with Crippen LogP contribution in [0.25, 0.3) is 0 Å². The second-order valence-electron chi connectivity index (χ2n) is 5.30. The van der Waals surface area contributed by atoms with Crippen LogP contribution in [0, 0.1) is 0 Å². The van der Waals surface area contributed by atoms with Crippen molar-refractivity contribution in [2.45, 2.75) is 45.9 Å². The van der Waals surface area contributed by atoms with E-state index in [2.05, 4.69) is 0 Å². The number of para-hydroxylation sites is 2. The highest BCUT2D eigenvalue weighted by molar-refractivity contribution is 5.82. The van der Waals surface area contributed by atoms with Crippen LogP contribution in [0.2, 0.25) is 0 Å². The largest absolute Gasteiger partial charge is 0.485 e. The van der Waals surface area contributed by atoms with Gasteiger partial charge < -0.3 is 14.4 Å². The first-order valence-electron chi connectivity index (χ1n) is 6.71. The molecule has 0 saturated carbocycles. The summed E-state index contributed by atoms with van der Waals surface area (Å²) < 4.78 is 11.4. The van der Waals surface area contributed by atoms with Crippen LogP contribution in [0.3, 0.4) is 0 Å². The van der Waals surface area contributed by atoms with Gasteiger partial charge in [-0.2, -0.15) is 0 Å². The molecule has 0 fully saturated rings. The van der Waals surface area contributed by atoms with E-state index in [4.69, 9.17) is 9.47 Å². The van der Waals surface area contributed by atoms with Crippen molar-refractivity contribution >= 4 is 5.91 Å². The zero-order valence-corrected chi connectivity index (χ0v) is 11.9. The fraction of sp³-hybridized carbons (Fsp3) is 0.533. The number of benzene rings is 1. The first kappa shape index (κ1) is 13.7. The molecule has 0 saturated heterocycles. The average Bonchev–Trinajstić information content (AvgIpc) is 2.37. The molecule has 0 aromatic heterocycles. The van der Waals surface area contributed by atoms with Gasteiger partial charge >= 0.3 is 0 Å². The van der Waals surface area contributed by atoms with Crippen molar-refractivity contribution in [3.8, 4) is 11.5 Å². The summed E-state index contributed by atoms with van der Waals surface area (Å²) >= 11 is 0. The summed E-state index contributed by atoms with van der Waals surface area (Å²) in [6.07, 6.45) is -0.556. The molecule has 0 radical (unpaired) electrons. The maximum atomic E-state index is 12.5. The quantitative estimate of drug-likeness (QED) is 0.841. The Morgan fingerprint density at radius 2 is 1.74 bits per heavy atom. The van der Waals surface area contributed by atoms with Crippen molar-refractivity contribution < 1.29 is 14.3 Å². The molecule has 2 rings (SSSR count). The molecule has 1 heterocycles. The molecule has 0 spiro atoms. The molecule has 104 valence electrons. The fourth-order valence-electron chi connectivity index (χ4n) is 2.41. The van der Waals surface area contributed by atoms with Gasteiger partial charge in [-0.1, -0.05) is 12.1 Å². The minimum atomic E-state index is -0.556. The molecule has 1 aromatic rings. The number of carbonyl (C=O) groups is 1. The monoisotopic (exact) mass is 263 g/mol. The normalized spacial score (nSPS) is 17.7. The summed E-state index contributed by atoms with van der Waals surface area (Å²) in [5.74, 6) is 1.33. The highest BCUT2D eigenvalue weighted by Gasteiger charge is 2.33. The molecule has 0 aliphatic carbocycles. The van der Waals surface area contributed by atoms with Crippen LogP contribution >= 0.6 is 0 Å². The zero-order chi connectivity index (χ0) is 14.0. The summed E-state index contributed by atoms with van der Waals surface area (Å²) in [6.45, 7) is 8.31. The second-order valence-corrected chi connectivity index (χ2v) is 5.30.